The summed E-state index contributed by atoms with van der Waals surface area (Å²) in [7, 11) is 1.70. The van der Waals surface area contributed by atoms with E-state index in [-0.39, 0.29) is 5.95 Å². The van der Waals surface area contributed by atoms with Crippen molar-refractivity contribution in [2.75, 3.05) is 18.1 Å². The Kier molecular flexibility index (Phi) is 2.87. The van der Waals surface area contributed by atoms with Crippen LogP contribution >= 0.6 is 11.8 Å². The van der Waals surface area contributed by atoms with Gasteiger partial charge in [-0.05, 0) is 11.8 Å². The second-order valence-electron chi connectivity index (χ2n) is 1.91. The maximum absolute atomic E-state index is 10.2. The molecule has 1 aromatic rings. The van der Waals surface area contributed by atoms with Crippen LogP contribution in [0.5, 0.6) is 0 Å². The van der Waals surface area contributed by atoms with Crippen molar-refractivity contribution in [3.8, 4) is 0 Å². The van der Waals surface area contributed by atoms with Gasteiger partial charge in [0.1, 0.15) is 5.82 Å². The molecule has 0 atom stereocenters. The minimum atomic E-state index is 0.189. The van der Waals surface area contributed by atoms with Crippen LogP contribution in [-0.4, -0.2) is 22.6 Å². The Morgan fingerprint density at radius 2 is 2.50 bits per heavy atom. The molecule has 0 spiro atoms. The molecule has 0 bridgehead atoms. The zero-order valence-electron chi connectivity index (χ0n) is 6.44. The number of hydrogen-bond acceptors (Lipinski definition) is 6. The number of rotatable bonds is 3. The highest BCUT2D eigenvalue weighted by Gasteiger charge is 2.03. The van der Waals surface area contributed by atoms with E-state index in [1.54, 1.807) is 7.05 Å². The van der Waals surface area contributed by atoms with Crippen LogP contribution in [0.4, 0.5) is 11.8 Å². The largest absolute Gasteiger partial charge is 0.372 e. The Morgan fingerprint density at radius 1 is 1.75 bits per heavy atom. The fourth-order valence-electron chi connectivity index (χ4n) is 0.702. The summed E-state index contributed by atoms with van der Waals surface area (Å²) in [5.74, 6) is 0.759. The molecule has 6 heteroatoms. The molecule has 64 valence electrons. The van der Waals surface area contributed by atoms with Gasteiger partial charge in [0, 0.05) is 13.2 Å². The van der Waals surface area contributed by atoms with Crippen LogP contribution in [0.15, 0.2) is 11.1 Å². The summed E-state index contributed by atoms with van der Waals surface area (Å²) in [5.41, 5.74) is 6.06. The van der Waals surface area contributed by atoms with Crippen molar-refractivity contribution in [1.29, 1.82) is 0 Å². The Balaban J connectivity index is 3.01. The summed E-state index contributed by atoms with van der Waals surface area (Å²) in [4.78, 5) is 18.5. The summed E-state index contributed by atoms with van der Waals surface area (Å²) >= 11 is 1.01. The number of carbonyl (C=O) groups is 1. The summed E-state index contributed by atoms with van der Waals surface area (Å²) in [6.07, 6.45) is 1.51. The molecule has 0 aliphatic carbocycles. The molecule has 0 aliphatic heterocycles. The number of carbonyl (C=O) groups excluding carboxylic acids is 1. The monoisotopic (exact) mass is 184 g/mol. The van der Waals surface area contributed by atoms with Crippen LogP contribution < -0.4 is 11.1 Å². The first-order valence-corrected chi connectivity index (χ1v) is 4.06. The zero-order valence-corrected chi connectivity index (χ0v) is 7.26. The van der Waals surface area contributed by atoms with Crippen molar-refractivity contribution in [3.63, 3.8) is 0 Å². The summed E-state index contributed by atoms with van der Waals surface area (Å²) < 4.78 is 0. The molecule has 0 radical (unpaired) electrons. The first-order valence-electron chi connectivity index (χ1n) is 3.18. The third kappa shape index (κ3) is 1.85. The zero-order chi connectivity index (χ0) is 8.97. The van der Waals surface area contributed by atoms with Gasteiger partial charge in [-0.25, -0.2) is 4.98 Å². The first-order chi connectivity index (χ1) is 5.77. The molecule has 3 N–H and O–H groups in total. The molecule has 0 amide bonds. The van der Waals surface area contributed by atoms with Gasteiger partial charge in [0.05, 0.1) is 4.90 Å². The highest BCUT2D eigenvalue weighted by Crippen LogP contribution is 2.22. The molecule has 12 heavy (non-hydrogen) atoms. The summed E-state index contributed by atoms with van der Waals surface area (Å²) in [5, 5.41) is 2.81. The maximum atomic E-state index is 10.2. The Bertz CT molecular complexity index is 291. The van der Waals surface area contributed by atoms with Gasteiger partial charge in [-0.3, -0.25) is 4.79 Å². The van der Waals surface area contributed by atoms with Gasteiger partial charge in [-0.2, -0.15) is 4.98 Å². The highest BCUT2D eigenvalue weighted by atomic mass is 32.2. The third-order valence-corrected chi connectivity index (χ3v) is 1.83. The molecule has 0 saturated carbocycles. The fraction of sp³-hybridized carbons (Fsp3) is 0.167. The minimum Gasteiger partial charge on any atom is -0.372 e. The molecule has 0 aliphatic rings. The number of anilines is 2. The van der Waals surface area contributed by atoms with Crippen LogP contribution in [0, 0.1) is 0 Å². The topological polar surface area (TPSA) is 80.9 Å². The summed E-state index contributed by atoms with van der Waals surface area (Å²) in [6, 6.07) is 0. The van der Waals surface area contributed by atoms with Gasteiger partial charge in [0.15, 0.2) is 5.62 Å². The molecule has 1 aromatic heterocycles. The van der Waals surface area contributed by atoms with Crippen molar-refractivity contribution >= 4 is 29.1 Å². The van der Waals surface area contributed by atoms with Crippen LogP contribution in [0.3, 0.4) is 0 Å². The highest BCUT2D eigenvalue weighted by molar-refractivity contribution is 8.12. The van der Waals surface area contributed by atoms with E-state index >= 15 is 0 Å². The standard InChI is InChI=1S/C6H8N4OS/c1-8-5-4(12-3-11)2-9-6(7)10-5/h2-3H,1H3,(H3,7,8,9,10). The lowest BCUT2D eigenvalue weighted by molar-refractivity contribution is 0.570. The van der Waals surface area contributed by atoms with Gasteiger partial charge >= 0.3 is 0 Å². The van der Waals surface area contributed by atoms with Crippen LogP contribution in [-0.2, 0) is 4.79 Å². The Labute approximate surface area is 73.8 Å². The lowest BCUT2D eigenvalue weighted by Crippen LogP contribution is -2.00. The fourth-order valence-corrected chi connectivity index (χ4v) is 1.18. The molecule has 0 aromatic carbocycles. The average Bonchev–Trinajstić information content (AvgIpc) is 2.08. The predicted octanol–water partition coefficient (Wildman–Crippen LogP) is 0.383. The molecular formula is C6H8N4OS. The van der Waals surface area contributed by atoms with E-state index in [1.807, 2.05) is 0 Å². The van der Waals surface area contributed by atoms with E-state index < -0.39 is 0 Å². The SMILES string of the molecule is CNc1nc(N)ncc1SC=O. The van der Waals surface area contributed by atoms with Crippen LogP contribution in [0.25, 0.3) is 0 Å². The number of hydrogen-bond donors (Lipinski definition) is 2. The first kappa shape index (κ1) is 8.79. The van der Waals surface area contributed by atoms with Crippen molar-refractivity contribution in [1.82, 2.24) is 9.97 Å². The molecule has 0 unspecified atom stereocenters. The third-order valence-electron chi connectivity index (χ3n) is 1.19. The second kappa shape index (κ2) is 3.91. The van der Waals surface area contributed by atoms with Gasteiger partial charge in [-0.15, -0.1) is 0 Å². The smallest absolute Gasteiger partial charge is 0.221 e. The lowest BCUT2D eigenvalue weighted by atomic mass is 10.6. The van der Waals surface area contributed by atoms with E-state index in [1.165, 1.54) is 6.20 Å². The Hall–Kier alpha value is -1.30. The molecule has 5 nitrogen and oxygen atoms in total. The van der Waals surface area contributed by atoms with E-state index in [0.717, 1.165) is 17.4 Å². The van der Waals surface area contributed by atoms with Crippen molar-refractivity contribution in [3.05, 3.63) is 6.20 Å². The number of nitrogen functional groups attached to an aromatic ring is 1. The lowest BCUT2D eigenvalue weighted by Gasteiger charge is -2.03. The van der Waals surface area contributed by atoms with Gasteiger partial charge in [0.2, 0.25) is 5.95 Å². The molecule has 1 heterocycles. The van der Waals surface area contributed by atoms with Gasteiger partial charge in [0.25, 0.3) is 0 Å². The average molecular weight is 184 g/mol. The molecule has 0 fully saturated rings. The summed E-state index contributed by atoms with van der Waals surface area (Å²) in [6.45, 7) is 0. The Morgan fingerprint density at radius 3 is 3.08 bits per heavy atom. The van der Waals surface area contributed by atoms with Gasteiger partial charge in [-0.1, -0.05) is 0 Å². The number of aromatic nitrogens is 2. The predicted molar refractivity (Wildman–Crippen MR) is 48.6 cm³/mol. The minimum absolute atomic E-state index is 0.189. The van der Waals surface area contributed by atoms with Crippen LogP contribution in [0.2, 0.25) is 0 Å². The number of nitrogens with one attached hydrogen (secondary N) is 1. The van der Waals surface area contributed by atoms with Crippen molar-refractivity contribution in [2.45, 2.75) is 4.90 Å². The van der Waals surface area contributed by atoms with E-state index in [0.29, 0.717) is 10.7 Å². The maximum Gasteiger partial charge on any atom is 0.221 e. The van der Waals surface area contributed by atoms with E-state index in [4.69, 9.17) is 5.73 Å². The second-order valence-corrected chi connectivity index (χ2v) is 2.77. The van der Waals surface area contributed by atoms with E-state index in [9.17, 15) is 4.79 Å². The number of thioether (sulfide) groups is 1. The van der Waals surface area contributed by atoms with Crippen molar-refractivity contribution in [2.24, 2.45) is 0 Å². The number of nitrogens with two attached hydrogens (primary N) is 1. The molecular weight excluding hydrogens is 176 g/mol. The molecule has 1 rings (SSSR count). The quantitative estimate of drug-likeness (QED) is 0.522. The van der Waals surface area contributed by atoms with Gasteiger partial charge < -0.3 is 11.1 Å². The van der Waals surface area contributed by atoms with Crippen LogP contribution in [0.1, 0.15) is 0 Å². The molecule has 0 saturated heterocycles. The van der Waals surface area contributed by atoms with Crippen molar-refractivity contribution < 1.29 is 4.79 Å². The normalized spacial score (nSPS) is 9.42. The number of nitrogens with zero attached hydrogens (tertiary/aromatic N) is 2. The van der Waals surface area contributed by atoms with E-state index in [2.05, 4.69) is 15.3 Å².